The van der Waals surface area contributed by atoms with Gasteiger partial charge in [0.15, 0.2) is 0 Å². The molecule has 4 heteroatoms. The number of benzene rings is 2. The Morgan fingerprint density at radius 3 is 2.38 bits per heavy atom. The molecule has 21 heavy (non-hydrogen) atoms. The molecule has 3 N–H and O–H groups in total. The SMILES string of the molecule is CCCCc1ccc(N/C=S(/N)c2ccc(Cl)cc2)cc1. The Kier molecular flexibility index (Phi) is 6.30. The van der Waals surface area contributed by atoms with Gasteiger partial charge in [0.1, 0.15) is 0 Å². The van der Waals surface area contributed by atoms with Gasteiger partial charge in [-0.25, -0.2) is 0 Å². The van der Waals surface area contributed by atoms with Crippen molar-refractivity contribution in [1.82, 2.24) is 0 Å². The molecule has 2 nitrogen and oxygen atoms in total. The second-order valence-corrected chi connectivity index (χ2v) is 6.78. The summed E-state index contributed by atoms with van der Waals surface area (Å²) >= 11 is 5.88. The van der Waals surface area contributed by atoms with Crippen molar-refractivity contribution in [2.45, 2.75) is 31.1 Å². The van der Waals surface area contributed by atoms with Crippen molar-refractivity contribution in [3.63, 3.8) is 0 Å². The Balaban J connectivity index is 1.98. The first-order chi connectivity index (χ1) is 10.2. The van der Waals surface area contributed by atoms with Crippen molar-refractivity contribution in [2.75, 3.05) is 5.32 Å². The minimum atomic E-state index is -0.447. The lowest BCUT2D eigenvalue weighted by Gasteiger charge is -2.07. The number of nitrogens with one attached hydrogen (secondary N) is 1. The molecular formula is C17H21ClN2S. The lowest BCUT2D eigenvalue weighted by Crippen LogP contribution is -1.99. The largest absolute Gasteiger partial charge is 0.356 e. The molecule has 2 aromatic rings. The molecular weight excluding hydrogens is 300 g/mol. The van der Waals surface area contributed by atoms with Crippen molar-refractivity contribution >= 4 is 33.4 Å². The minimum absolute atomic E-state index is 0.447. The van der Waals surface area contributed by atoms with E-state index in [9.17, 15) is 0 Å². The third-order valence-electron chi connectivity index (χ3n) is 3.21. The Morgan fingerprint density at radius 1 is 1.10 bits per heavy atom. The molecule has 0 bridgehead atoms. The first-order valence-electron chi connectivity index (χ1n) is 7.11. The predicted molar refractivity (Wildman–Crippen MR) is 96.2 cm³/mol. The molecule has 0 spiro atoms. The summed E-state index contributed by atoms with van der Waals surface area (Å²) in [7, 11) is -0.447. The molecule has 0 saturated heterocycles. The molecule has 1 unspecified atom stereocenters. The van der Waals surface area contributed by atoms with Crippen LogP contribution < -0.4 is 10.5 Å². The summed E-state index contributed by atoms with van der Waals surface area (Å²) in [4.78, 5) is 1.06. The second kappa shape index (κ2) is 8.23. The normalized spacial score (nSPS) is 12.3. The van der Waals surface area contributed by atoms with Gasteiger partial charge in [0.05, 0.1) is 0 Å². The molecule has 0 radical (unpaired) electrons. The number of nitrogens with two attached hydrogens (primary N) is 1. The fourth-order valence-electron chi connectivity index (χ4n) is 1.94. The van der Waals surface area contributed by atoms with E-state index in [0.29, 0.717) is 0 Å². The van der Waals surface area contributed by atoms with Gasteiger partial charge in [0, 0.05) is 21.1 Å². The van der Waals surface area contributed by atoms with Crippen LogP contribution in [-0.4, -0.2) is 5.49 Å². The number of rotatable bonds is 6. The van der Waals surface area contributed by atoms with Crippen LogP contribution in [0.15, 0.2) is 53.4 Å². The molecule has 0 heterocycles. The number of aryl methyl sites for hydroxylation is 1. The predicted octanol–water partition coefficient (Wildman–Crippen LogP) is 5.06. The Hall–Kier alpha value is -1.29. The third-order valence-corrected chi connectivity index (χ3v) is 4.65. The standard InChI is InChI=1S/C17H21ClN2S/c1-2-3-4-14-5-9-16(10-6-14)20-13-21(19)17-11-7-15(18)8-12-17/h5-13,20H,2-4,19H2,1H3. The fraction of sp³-hybridized carbons (Fsp3) is 0.235. The minimum Gasteiger partial charge on any atom is -0.356 e. The van der Waals surface area contributed by atoms with E-state index in [1.54, 1.807) is 0 Å². The van der Waals surface area contributed by atoms with E-state index in [-0.39, 0.29) is 0 Å². The zero-order chi connectivity index (χ0) is 15.1. The quantitative estimate of drug-likeness (QED) is 0.730. The van der Waals surface area contributed by atoms with Gasteiger partial charge in [-0.05, 0) is 54.8 Å². The highest BCUT2D eigenvalue weighted by molar-refractivity contribution is 8.13. The summed E-state index contributed by atoms with van der Waals surface area (Å²) in [5.41, 5.74) is 4.36. The molecule has 0 aliphatic heterocycles. The van der Waals surface area contributed by atoms with Crippen LogP contribution in [0.2, 0.25) is 5.02 Å². The van der Waals surface area contributed by atoms with E-state index >= 15 is 0 Å². The van der Waals surface area contributed by atoms with Crippen molar-refractivity contribution in [3.05, 3.63) is 59.1 Å². The molecule has 2 aromatic carbocycles. The number of hydrogen-bond donors (Lipinski definition) is 2. The van der Waals surface area contributed by atoms with Gasteiger partial charge in [-0.2, -0.15) is 0 Å². The molecule has 0 amide bonds. The third kappa shape index (κ3) is 5.20. The van der Waals surface area contributed by atoms with E-state index in [2.05, 4.69) is 36.5 Å². The van der Waals surface area contributed by atoms with Crippen molar-refractivity contribution in [2.24, 2.45) is 5.14 Å². The maximum atomic E-state index is 6.16. The lowest BCUT2D eigenvalue weighted by atomic mass is 10.1. The molecule has 112 valence electrons. The van der Waals surface area contributed by atoms with Gasteiger partial charge in [-0.3, -0.25) is 5.14 Å². The summed E-state index contributed by atoms with van der Waals surface area (Å²) in [6.45, 7) is 2.21. The van der Waals surface area contributed by atoms with Gasteiger partial charge < -0.3 is 5.32 Å². The van der Waals surface area contributed by atoms with E-state index in [1.807, 2.05) is 29.8 Å². The summed E-state index contributed by atoms with van der Waals surface area (Å²) in [5.74, 6) is 0. The van der Waals surface area contributed by atoms with E-state index in [0.717, 1.165) is 22.0 Å². The summed E-state index contributed by atoms with van der Waals surface area (Å²) in [6.07, 6.45) is 3.61. The fourth-order valence-corrected chi connectivity index (χ4v) is 2.92. The first kappa shape index (κ1) is 16.1. The highest BCUT2D eigenvalue weighted by atomic mass is 35.5. The van der Waals surface area contributed by atoms with Crippen molar-refractivity contribution < 1.29 is 0 Å². The molecule has 0 aliphatic rings. The van der Waals surface area contributed by atoms with Crippen molar-refractivity contribution in [3.8, 4) is 0 Å². The maximum absolute atomic E-state index is 6.16. The van der Waals surface area contributed by atoms with Crippen LogP contribution in [0.4, 0.5) is 5.69 Å². The Morgan fingerprint density at radius 2 is 1.76 bits per heavy atom. The summed E-state index contributed by atoms with van der Waals surface area (Å²) < 4.78 is 0. The van der Waals surface area contributed by atoms with Gasteiger partial charge in [0.2, 0.25) is 0 Å². The number of hydrogen-bond acceptors (Lipinski definition) is 1. The van der Waals surface area contributed by atoms with Crippen LogP contribution in [0.25, 0.3) is 0 Å². The van der Waals surface area contributed by atoms with Gasteiger partial charge in [-0.15, -0.1) is 0 Å². The average Bonchev–Trinajstić information content (AvgIpc) is 2.52. The van der Waals surface area contributed by atoms with Crippen LogP contribution in [0, 0.1) is 0 Å². The molecule has 0 aromatic heterocycles. The molecule has 2 rings (SSSR count). The van der Waals surface area contributed by atoms with Gasteiger partial charge >= 0.3 is 0 Å². The number of anilines is 1. The highest BCUT2D eigenvalue weighted by Gasteiger charge is 1.96. The van der Waals surface area contributed by atoms with Crippen LogP contribution in [0.3, 0.4) is 0 Å². The maximum Gasteiger partial charge on any atom is 0.0437 e. The number of unbranched alkanes of at least 4 members (excludes halogenated alkanes) is 1. The monoisotopic (exact) mass is 320 g/mol. The molecule has 0 saturated carbocycles. The molecule has 1 atom stereocenters. The average molecular weight is 321 g/mol. The van der Waals surface area contributed by atoms with Gasteiger partial charge in [-0.1, -0.05) is 47.7 Å². The summed E-state index contributed by atoms with van der Waals surface area (Å²) in [6, 6.07) is 16.2. The van der Waals surface area contributed by atoms with Crippen LogP contribution in [-0.2, 0) is 6.42 Å². The smallest absolute Gasteiger partial charge is 0.0437 e. The van der Waals surface area contributed by atoms with E-state index in [1.165, 1.54) is 18.4 Å². The van der Waals surface area contributed by atoms with E-state index in [4.69, 9.17) is 16.7 Å². The zero-order valence-corrected chi connectivity index (χ0v) is 13.8. The number of halogens is 1. The highest BCUT2D eigenvalue weighted by Crippen LogP contribution is 2.21. The van der Waals surface area contributed by atoms with Crippen LogP contribution in [0.1, 0.15) is 25.3 Å². The van der Waals surface area contributed by atoms with Gasteiger partial charge in [0.25, 0.3) is 0 Å². The lowest BCUT2D eigenvalue weighted by molar-refractivity contribution is 0.795. The topological polar surface area (TPSA) is 38.0 Å². The Bertz CT molecular complexity index is 591. The summed E-state index contributed by atoms with van der Waals surface area (Å²) in [5, 5.41) is 10.2. The second-order valence-electron chi connectivity index (χ2n) is 4.89. The molecule has 0 aliphatic carbocycles. The van der Waals surface area contributed by atoms with E-state index < -0.39 is 10.7 Å². The molecule has 0 fully saturated rings. The van der Waals surface area contributed by atoms with Crippen LogP contribution in [0.5, 0.6) is 0 Å². The van der Waals surface area contributed by atoms with Crippen LogP contribution >= 0.6 is 22.3 Å². The van der Waals surface area contributed by atoms with Crippen molar-refractivity contribution in [1.29, 1.82) is 0 Å². The Labute approximate surface area is 134 Å². The zero-order valence-electron chi connectivity index (χ0n) is 12.2. The first-order valence-corrected chi connectivity index (χ1v) is 8.84.